The van der Waals surface area contributed by atoms with E-state index in [-0.39, 0.29) is 11.1 Å². The van der Waals surface area contributed by atoms with Crippen LogP contribution in [0.25, 0.3) is 11.1 Å². The Morgan fingerprint density at radius 3 is 2.25 bits per heavy atom. The van der Waals surface area contributed by atoms with Crippen molar-refractivity contribution in [2.24, 2.45) is 5.73 Å². The van der Waals surface area contributed by atoms with Crippen molar-refractivity contribution >= 4 is 11.9 Å². The second-order valence-corrected chi connectivity index (χ2v) is 4.16. The highest BCUT2D eigenvalue weighted by Crippen LogP contribution is 2.27. The summed E-state index contributed by atoms with van der Waals surface area (Å²) in [6, 6.07) is 11.2. The molecule has 0 aliphatic carbocycles. The number of carboxylic acid groups (broad SMARTS) is 1. The Morgan fingerprint density at radius 1 is 1.10 bits per heavy atom. The molecule has 0 bridgehead atoms. The Hall–Kier alpha value is -2.82. The topological polar surface area (TPSA) is 89.6 Å². The maximum atomic E-state index is 11.3. The van der Waals surface area contributed by atoms with Crippen molar-refractivity contribution in [1.82, 2.24) is 0 Å². The monoisotopic (exact) mass is 271 g/mol. The minimum Gasteiger partial charge on any atom is -0.497 e. The number of primary amides is 1. The maximum absolute atomic E-state index is 11.3. The zero-order chi connectivity index (χ0) is 14.7. The van der Waals surface area contributed by atoms with Crippen molar-refractivity contribution in [3.63, 3.8) is 0 Å². The van der Waals surface area contributed by atoms with Gasteiger partial charge in [0.2, 0.25) is 5.91 Å². The molecule has 2 aromatic carbocycles. The van der Waals surface area contributed by atoms with Crippen molar-refractivity contribution < 1.29 is 19.4 Å². The summed E-state index contributed by atoms with van der Waals surface area (Å²) in [5.41, 5.74) is 6.72. The molecule has 0 saturated carbocycles. The van der Waals surface area contributed by atoms with Gasteiger partial charge >= 0.3 is 5.97 Å². The van der Waals surface area contributed by atoms with E-state index < -0.39 is 11.9 Å². The second kappa shape index (κ2) is 5.44. The van der Waals surface area contributed by atoms with Gasteiger partial charge in [0, 0.05) is 5.56 Å². The maximum Gasteiger partial charge on any atom is 0.336 e. The highest BCUT2D eigenvalue weighted by atomic mass is 16.5. The van der Waals surface area contributed by atoms with Crippen LogP contribution in [0.1, 0.15) is 20.7 Å². The van der Waals surface area contributed by atoms with E-state index in [1.54, 1.807) is 31.4 Å². The molecule has 0 aromatic heterocycles. The molecule has 20 heavy (non-hydrogen) atoms. The number of rotatable bonds is 4. The van der Waals surface area contributed by atoms with E-state index >= 15 is 0 Å². The van der Waals surface area contributed by atoms with E-state index in [1.165, 1.54) is 18.2 Å². The number of ether oxygens (including phenoxy) is 1. The zero-order valence-electron chi connectivity index (χ0n) is 10.8. The van der Waals surface area contributed by atoms with Gasteiger partial charge < -0.3 is 15.6 Å². The molecular weight excluding hydrogens is 258 g/mol. The quantitative estimate of drug-likeness (QED) is 0.891. The molecule has 0 spiro atoms. The number of aromatic carboxylic acids is 1. The summed E-state index contributed by atoms with van der Waals surface area (Å²) >= 11 is 0. The zero-order valence-corrected chi connectivity index (χ0v) is 10.8. The van der Waals surface area contributed by atoms with Crippen molar-refractivity contribution in [2.75, 3.05) is 7.11 Å². The number of carbonyl (C=O) groups is 2. The first-order chi connectivity index (χ1) is 9.52. The molecular formula is C15H13NO4. The lowest BCUT2D eigenvalue weighted by atomic mass is 9.97. The third-order valence-electron chi connectivity index (χ3n) is 2.94. The Balaban J connectivity index is 2.58. The lowest BCUT2D eigenvalue weighted by Crippen LogP contribution is -2.12. The minimum absolute atomic E-state index is 0.111. The second-order valence-electron chi connectivity index (χ2n) is 4.16. The molecule has 0 radical (unpaired) electrons. The van der Waals surface area contributed by atoms with Crippen LogP contribution in [-0.2, 0) is 0 Å². The first kappa shape index (κ1) is 13.6. The molecule has 0 aliphatic rings. The fourth-order valence-electron chi connectivity index (χ4n) is 1.89. The van der Waals surface area contributed by atoms with Gasteiger partial charge in [-0.1, -0.05) is 12.1 Å². The molecule has 0 atom stereocenters. The summed E-state index contributed by atoms with van der Waals surface area (Å²) in [5, 5.41) is 9.22. The van der Waals surface area contributed by atoms with Gasteiger partial charge in [0.15, 0.2) is 0 Å². The lowest BCUT2D eigenvalue weighted by molar-refractivity contribution is 0.0697. The molecule has 5 heteroatoms. The minimum atomic E-state index is -1.06. The van der Waals surface area contributed by atoms with Crippen LogP contribution in [0, 0.1) is 0 Å². The summed E-state index contributed by atoms with van der Waals surface area (Å²) in [5.74, 6) is -1.000. The smallest absolute Gasteiger partial charge is 0.336 e. The molecule has 2 rings (SSSR count). The average Bonchev–Trinajstić information content (AvgIpc) is 2.46. The molecule has 0 heterocycles. The number of amides is 1. The van der Waals surface area contributed by atoms with Crippen LogP contribution in [0.4, 0.5) is 0 Å². The number of hydrogen-bond acceptors (Lipinski definition) is 3. The molecule has 0 aliphatic heterocycles. The van der Waals surface area contributed by atoms with Crippen molar-refractivity contribution in [3.8, 4) is 16.9 Å². The van der Waals surface area contributed by atoms with Gasteiger partial charge in [-0.05, 0) is 41.5 Å². The highest BCUT2D eigenvalue weighted by Gasteiger charge is 2.14. The van der Waals surface area contributed by atoms with Crippen LogP contribution in [0.2, 0.25) is 0 Å². The number of carboxylic acids is 1. The molecule has 0 unspecified atom stereocenters. The van der Waals surface area contributed by atoms with Crippen molar-refractivity contribution in [2.45, 2.75) is 0 Å². The summed E-state index contributed by atoms with van der Waals surface area (Å²) < 4.78 is 5.05. The Morgan fingerprint density at radius 2 is 1.75 bits per heavy atom. The third-order valence-corrected chi connectivity index (χ3v) is 2.94. The van der Waals surface area contributed by atoms with E-state index in [0.29, 0.717) is 16.9 Å². The molecule has 3 N–H and O–H groups in total. The summed E-state index contributed by atoms with van der Waals surface area (Å²) in [4.78, 5) is 22.5. The Bertz CT molecular complexity index is 662. The van der Waals surface area contributed by atoms with Crippen LogP contribution in [0.15, 0.2) is 42.5 Å². The van der Waals surface area contributed by atoms with E-state index in [0.717, 1.165) is 0 Å². The van der Waals surface area contributed by atoms with Gasteiger partial charge in [-0.3, -0.25) is 4.79 Å². The van der Waals surface area contributed by atoms with E-state index in [1.807, 2.05) is 0 Å². The summed E-state index contributed by atoms with van der Waals surface area (Å²) in [6.07, 6.45) is 0. The van der Waals surface area contributed by atoms with Gasteiger partial charge in [-0.25, -0.2) is 4.79 Å². The molecule has 0 fully saturated rings. The largest absolute Gasteiger partial charge is 0.497 e. The fraction of sp³-hybridized carbons (Fsp3) is 0.0667. The number of benzene rings is 2. The normalized spacial score (nSPS) is 10.1. The predicted molar refractivity (Wildman–Crippen MR) is 73.9 cm³/mol. The molecule has 0 saturated heterocycles. The number of hydrogen-bond donors (Lipinski definition) is 2. The van der Waals surface area contributed by atoms with Crippen LogP contribution >= 0.6 is 0 Å². The molecule has 1 amide bonds. The summed E-state index contributed by atoms with van der Waals surface area (Å²) in [6.45, 7) is 0. The van der Waals surface area contributed by atoms with E-state index in [2.05, 4.69) is 0 Å². The summed E-state index contributed by atoms with van der Waals surface area (Å²) in [7, 11) is 1.55. The average molecular weight is 271 g/mol. The van der Waals surface area contributed by atoms with Gasteiger partial charge in [-0.2, -0.15) is 0 Å². The SMILES string of the molecule is COc1ccc(-c2cc(C(N)=O)ccc2C(=O)O)cc1. The van der Waals surface area contributed by atoms with E-state index in [4.69, 9.17) is 10.5 Å². The number of methoxy groups -OCH3 is 1. The van der Waals surface area contributed by atoms with Crippen molar-refractivity contribution in [1.29, 1.82) is 0 Å². The lowest BCUT2D eigenvalue weighted by Gasteiger charge is -2.09. The standard InChI is InChI=1S/C15H13NO4/c1-20-11-5-2-9(3-6-11)13-8-10(14(16)17)4-7-12(13)15(18)19/h2-8H,1H3,(H2,16,17)(H,18,19). The first-order valence-electron chi connectivity index (χ1n) is 5.84. The van der Waals surface area contributed by atoms with E-state index in [9.17, 15) is 14.7 Å². The molecule has 2 aromatic rings. The highest BCUT2D eigenvalue weighted by molar-refractivity contribution is 6.00. The Kier molecular flexibility index (Phi) is 3.70. The van der Waals surface area contributed by atoms with Gasteiger partial charge in [0.1, 0.15) is 5.75 Å². The van der Waals surface area contributed by atoms with Gasteiger partial charge in [0.05, 0.1) is 12.7 Å². The third kappa shape index (κ3) is 2.61. The molecule has 5 nitrogen and oxygen atoms in total. The number of nitrogens with two attached hydrogens (primary N) is 1. The first-order valence-corrected chi connectivity index (χ1v) is 5.84. The van der Waals surface area contributed by atoms with Gasteiger partial charge in [-0.15, -0.1) is 0 Å². The number of carbonyl (C=O) groups excluding carboxylic acids is 1. The van der Waals surface area contributed by atoms with Crippen LogP contribution < -0.4 is 10.5 Å². The van der Waals surface area contributed by atoms with Crippen LogP contribution in [-0.4, -0.2) is 24.1 Å². The van der Waals surface area contributed by atoms with Crippen molar-refractivity contribution in [3.05, 3.63) is 53.6 Å². The van der Waals surface area contributed by atoms with Crippen LogP contribution in [0.3, 0.4) is 0 Å². The predicted octanol–water partition coefficient (Wildman–Crippen LogP) is 2.16. The Labute approximate surface area is 115 Å². The fourth-order valence-corrected chi connectivity index (χ4v) is 1.89. The molecule has 102 valence electrons. The van der Waals surface area contributed by atoms with Crippen LogP contribution in [0.5, 0.6) is 5.75 Å². The van der Waals surface area contributed by atoms with Gasteiger partial charge in [0.25, 0.3) is 0 Å².